The predicted octanol–water partition coefficient (Wildman–Crippen LogP) is 5.50. The Labute approximate surface area is 219 Å². The first-order chi connectivity index (χ1) is 17.9. The highest BCUT2D eigenvalue weighted by Gasteiger charge is 2.45. The van der Waals surface area contributed by atoms with Gasteiger partial charge >= 0.3 is 0 Å². The quantitative estimate of drug-likeness (QED) is 0.289. The zero-order chi connectivity index (χ0) is 25.6. The fraction of sp³-hybridized carbons (Fsp3) is 0.214. The van der Waals surface area contributed by atoms with Crippen molar-refractivity contribution in [2.24, 2.45) is 0 Å². The molecule has 6 nitrogen and oxygen atoms in total. The monoisotopic (exact) mass is 532 g/mol. The number of thiazole rings is 1. The van der Waals surface area contributed by atoms with Gasteiger partial charge in [0.05, 0.1) is 29.1 Å². The summed E-state index contributed by atoms with van der Waals surface area (Å²) in [6, 6.07) is 20.8. The van der Waals surface area contributed by atoms with Gasteiger partial charge in [-0.1, -0.05) is 30.3 Å². The third kappa shape index (κ3) is 4.27. The molecule has 0 N–H and O–H groups in total. The second-order valence-corrected chi connectivity index (χ2v) is 12.7. The molecule has 0 aliphatic carbocycles. The summed E-state index contributed by atoms with van der Waals surface area (Å²) in [7, 11) is -3.62. The molecule has 0 bridgehead atoms. The van der Waals surface area contributed by atoms with Gasteiger partial charge in [-0.15, -0.1) is 11.3 Å². The minimum absolute atomic E-state index is 0.274. The normalized spacial score (nSPS) is 18.5. The van der Waals surface area contributed by atoms with Crippen molar-refractivity contribution in [2.75, 3.05) is 13.1 Å². The van der Waals surface area contributed by atoms with Gasteiger partial charge in [0, 0.05) is 23.9 Å². The molecule has 1 saturated heterocycles. The van der Waals surface area contributed by atoms with Gasteiger partial charge in [0.2, 0.25) is 0 Å². The van der Waals surface area contributed by atoms with Crippen LogP contribution in [-0.2, 0) is 21.9 Å². The minimum atomic E-state index is -3.62. The van der Waals surface area contributed by atoms with Gasteiger partial charge in [-0.3, -0.25) is 4.98 Å². The first-order valence-electron chi connectivity index (χ1n) is 12.0. The molecule has 3 heterocycles. The van der Waals surface area contributed by atoms with Gasteiger partial charge in [-0.2, -0.15) is 9.40 Å². The lowest BCUT2D eigenvalue weighted by Gasteiger charge is -2.32. The Balaban J connectivity index is 1.44. The van der Waals surface area contributed by atoms with E-state index in [9.17, 15) is 12.8 Å². The molecular formula is C28H25FN4O2S2. The Morgan fingerprint density at radius 2 is 1.84 bits per heavy atom. The zero-order valence-electron chi connectivity index (χ0n) is 20.2. The Bertz CT molecular complexity index is 1670. The highest BCUT2D eigenvalue weighted by molar-refractivity contribution is 7.91. The summed E-state index contributed by atoms with van der Waals surface area (Å²) in [5.41, 5.74) is 6.24. The second kappa shape index (κ2) is 9.16. The largest absolute Gasteiger partial charge is 0.254 e. The maximum atomic E-state index is 13.5. The van der Waals surface area contributed by atoms with E-state index in [4.69, 9.17) is 0 Å². The van der Waals surface area contributed by atoms with Crippen LogP contribution in [-0.4, -0.2) is 40.6 Å². The molecule has 188 valence electrons. The molecule has 2 aromatic heterocycles. The number of hydrogen-bond donors (Lipinski definition) is 0. The topological polar surface area (TPSA) is 68.1 Å². The van der Waals surface area contributed by atoms with Gasteiger partial charge in [0.25, 0.3) is 10.0 Å². The van der Waals surface area contributed by atoms with E-state index >= 15 is 0 Å². The number of rotatable bonds is 6. The van der Waals surface area contributed by atoms with Crippen molar-refractivity contribution in [2.45, 2.75) is 29.4 Å². The molecular weight excluding hydrogens is 507 g/mol. The van der Waals surface area contributed by atoms with E-state index in [0.29, 0.717) is 19.5 Å². The van der Waals surface area contributed by atoms with Gasteiger partial charge < -0.3 is 0 Å². The van der Waals surface area contributed by atoms with Crippen molar-refractivity contribution < 1.29 is 12.8 Å². The Morgan fingerprint density at radius 3 is 2.57 bits per heavy atom. The summed E-state index contributed by atoms with van der Waals surface area (Å²) in [4.78, 5) is 3.99. The molecule has 3 aromatic carbocycles. The van der Waals surface area contributed by atoms with E-state index in [1.54, 1.807) is 21.9 Å². The van der Waals surface area contributed by atoms with Crippen LogP contribution in [0.1, 0.15) is 23.1 Å². The summed E-state index contributed by atoms with van der Waals surface area (Å²) in [5.74, 6) is -0.291. The summed E-state index contributed by atoms with van der Waals surface area (Å²) < 4.78 is 44.0. The second-order valence-electron chi connectivity index (χ2n) is 9.61. The summed E-state index contributed by atoms with van der Waals surface area (Å²) >= 11 is 1.15. The predicted molar refractivity (Wildman–Crippen MR) is 143 cm³/mol. The number of aromatic nitrogens is 3. The third-order valence-electron chi connectivity index (χ3n) is 7.26. The molecule has 1 aliphatic rings. The Morgan fingerprint density at radius 1 is 1.05 bits per heavy atom. The van der Waals surface area contributed by atoms with Crippen molar-refractivity contribution in [3.05, 3.63) is 107 Å². The van der Waals surface area contributed by atoms with Gasteiger partial charge in [0.15, 0.2) is 4.21 Å². The lowest BCUT2D eigenvalue weighted by Crippen LogP contribution is -2.36. The lowest BCUT2D eigenvalue weighted by molar-refractivity contribution is 0.414. The lowest BCUT2D eigenvalue weighted by atomic mass is 9.73. The molecule has 1 atom stereocenters. The summed E-state index contributed by atoms with van der Waals surface area (Å²) in [5, 5.41) is 5.54. The number of sulfonamides is 1. The van der Waals surface area contributed by atoms with Crippen LogP contribution in [0.3, 0.4) is 0 Å². The zero-order valence-corrected chi connectivity index (χ0v) is 21.8. The van der Waals surface area contributed by atoms with Gasteiger partial charge in [0.1, 0.15) is 5.82 Å². The van der Waals surface area contributed by atoms with Crippen LogP contribution in [0.15, 0.2) is 88.8 Å². The molecule has 9 heteroatoms. The van der Waals surface area contributed by atoms with Gasteiger partial charge in [-0.05, 0) is 72.9 Å². The average molecular weight is 533 g/mol. The number of halogens is 1. The van der Waals surface area contributed by atoms with Crippen LogP contribution in [0.5, 0.6) is 0 Å². The summed E-state index contributed by atoms with van der Waals surface area (Å²) in [6.45, 7) is 2.91. The Kier molecular flexibility index (Phi) is 5.94. The van der Waals surface area contributed by atoms with Crippen molar-refractivity contribution in [1.29, 1.82) is 0 Å². The molecule has 0 amide bonds. The maximum Gasteiger partial charge on any atom is 0.254 e. The molecule has 1 aliphatic heterocycles. The molecule has 5 aromatic rings. The molecule has 0 radical (unpaired) electrons. The average Bonchev–Trinajstić information content (AvgIpc) is 3.66. The first kappa shape index (κ1) is 24.0. The highest BCUT2D eigenvalue weighted by Crippen LogP contribution is 2.43. The molecule has 0 saturated carbocycles. The van der Waals surface area contributed by atoms with Crippen LogP contribution in [0.25, 0.3) is 16.6 Å². The molecule has 1 fully saturated rings. The molecule has 1 unspecified atom stereocenters. The van der Waals surface area contributed by atoms with Gasteiger partial charge in [-0.25, -0.2) is 17.5 Å². The van der Waals surface area contributed by atoms with Crippen molar-refractivity contribution in [1.82, 2.24) is 19.1 Å². The molecule has 37 heavy (non-hydrogen) atoms. The van der Waals surface area contributed by atoms with E-state index < -0.39 is 15.4 Å². The number of benzene rings is 3. The highest BCUT2D eigenvalue weighted by atomic mass is 32.2. The number of hydrogen-bond acceptors (Lipinski definition) is 5. The number of fused-ring (bicyclic) bond motifs is 1. The van der Waals surface area contributed by atoms with Crippen LogP contribution in [0.4, 0.5) is 4.39 Å². The van der Waals surface area contributed by atoms with Crippen molar-refractivity contribution in [3.8, 4) is 5.69 Å². The number of aryl methyl sites for hydroxylation is 1. The van der Waals surface area contributed by atoms with Crippen LogP contribution in [0, 0.1) is 12.7 Å². The Hall–Kier alpha value is -3.40. The van der Waals surface area contributed by atoms with E-state index in [1.165, 1.54) is 23.9 Å². The standard InChI is InChI=1S/C28H25FN4O2S2/c1-20-13-26-22(16-31-33(26)24-9-7-23(29)8-10-24)14-25(20)28(15-21-5-3-2-4-6-21)11-12-32(18-28)37(34,35)27-17-30-19-36-27/h2-10,13-14,16-17,19H,11-12,15,18H2,1H3. The fourth-order valence-corrected chi connectivity index (χ4v) is 7.96. The third-order valence-corrected chi connectivity index (χ3v) is 10.4. The van der Waals surface area contributed by atoms with E-state index in [-0.39, 0.29) is 10.0 Å². The number of nitrogens with zero attached hydrogens (tertiary/aromatic N) is 4. The van der Waals surface area contributed by atoms with E-state index in [0.717, 1.165) is 45.5 Å². The van der Waals surface area contributed by atoms with Crippen LogP contribution in [0.2, 0.25) is 0 Å². The minimum Gasteiger partial charge on any atom is -0.252 e. The SMILES string of the molecule is Cc1cc2c(cnn2-c2ccc(F)cc2)cc1C1(Cc2ccccc2)CCN(S(=O)(=O)c2cncs2)C1. The van der Waals surface area contributed by atoms with Crippen molar-refractivity contribution >= 4 is 32.3 Å². The maximum absolute atomic E-state index is 13.5. The van der Waals surface area contributed by atoms with Crippen LogP contribution >= 0.6 is 11.3 Å². The van der Waals surface area contributed by atoms with E-state index in [2.05, 4.69) is 41.3 Å². The molecule has 0 spiro atoms. The fourth-order valence-electron chi connectivity index (χ4n) is 5.48. The molecule has 6 rings (SSSR count). The summed E-state index contributed by atoms with van der Waals surface area (Å²) in [6.07, 6.45) is 4.68. The van der Waals surface area contributed by atoms with E-state index in [1.807, 2.05) is 29.1 Å². The first-order valence-corrected chi connectivity index (χ1v) is 14.4. The van der Waals surface area contributed by atoms with Crippen LogP contribution < -0.4 is 0 Å². The smallest absolute Gasteiger partial charge is 0.252 e. The van der Waals surface area contributed by atoms with Crippen molar-refractivity contribution in [3.63, 3.8) is 0 Å².